The maximum Gasteiger partial charge on any atom is 0.258 e. The van der Waals surface area contributed by atoms with Crippen LogP contribution in [0.1, 0.15) is 56.4 Å². The van der Waals surface area contributed by atoms with Gasteiger partial charge in [0, 0.05) is 16.9 Å². The third kappa shape index (κ3) is 7.70. The van der Waals surface area contributed by atoms with Crippen LogP contribution in [0.15, 0.2) is 71.3 Å². The smallest absolute Gasteiger partial charge is 0.258 e. The summed E-state index contributed by atoms with van der Waals surface area (Å²) in [5.41, 5.74) is 6.26. The number of benzene rings is 3. The van der Waals surface area contributed by atoms with Crippen LogP contribution in [0, 0.1) is 11.3 Å². The highest BCUT2D eigenvalue weighted by atomic mass is 32.2. The molecule has 38 heavy (non-hydrogen) atoms. The van der Waals surface area contributed by atoms with Crippen molar-refractivity contribution >= 4 is 11.9 Å². The first-order chi connectivity index (χ1) is 18.6. The van der Waals surface area contributed by atoms with E-state index in [4.69, 9.17) is 9.26 Å². The average molecular weight is 529 g/mol. The molecule has 3 aromatic carbocycles. The summed E-state index contributed by atoms with van der Waals surface area (Å²) in [5.74, 6) is 2.60. The molecule has 7 heteroatoms. The number of aromatic nitrogens is 2. The molecular weight excluding hydrogens is 492 g/mol. The van der Waals surface area contributed by atoms with E-state index >= 15 is 0 Å². The lowest BCUT2D eigenvalue weighted by molar-refractivity contribution is 0.241. The second-order valence-corrected chi connectivity index (χ2v) is 9.67. The number of hydrogen-bond donors (Lipinski definition) is 1. The van der Waals surface area contributed by atoms with E-state index in [2.05, 4.69) is 51.3 Å². The molecule has 198 valence electrons. The minimum Gasteiger partial charge on any atom is -0.490 e. The van der Waals surface area contributed by atoms with Crippen LogP contribution in [-0.4, -0.2) is 23.3 Å². The molecule has 0 atom stereocenters. The van der Waals surface area contributed by atoms with Crippen LogP contribution in [0.25, 0.3) is 22.8 Å². The first-order valence-electron chi connectivity index (χ1n) is 13.1. The lowest BCUT2D eigenvalue weighted by Crippen LogP contribution is -2.06. The quantitative estimate of drug-likeness (QED) is 0.247. The van der Waals surface area contributed by atoms with Crippen molar-refractivity contribution in [3.8, 4) is 34.7 Å². The largest absolute Gasteiger partial charge is 0.490 e. The molecule has 0 saturated heterocycles. The Morgan fingerprint density at radius 3 is 2.55 bits per heavy atom. The molecule has 1 aromatic heterocycles. The summed E-state index contributed by atoms with van der Waals surface area (Å²) in [5, 5.41) is 13.6. The van der Waals surface area contributed by atoms with Gasteiger partial charge in [-0.05, 0) is 75.0 Å². The monoisotopic (exact) mass is 528 g/mol. The Bertz CT molecular complexity index is 1330. The Morgan fingerprint density at radius 2 is 1.84 bits per heavy atom. The van der Waals surface area contributed by atoms with Gasteiger partial charge >= 0.3 is 0 Å². The Balaban J connectivity index is 0.000000280. The SMILES string of the molecule is CC.CC(C)Oc1ccc(-c2nc(-c3cccc4c3CCC4)no2)cc1C#N.CNSCc1ccccc1. The van der Waals surface area contributed by atoms with Crippen LogP contribution < -0.4 is 9.46 Å². The highest BCUT2D eigenvalue weighted by molar-refractivity contribution is 7.96. The van der Waals surface area contributed by atoms with Crippen LogP contribution in [0.3, 0.4) is 0 Å². The molecule has 0 aliphatic heterocycles. The molecule has 1 aliphatic rings. The van der Waals surface area contributed by atoms with Crippen LogP contribution in [0.4, 0.5) is 0 Å². The van der Waals surface area contributed by atoms with Gasteiger partial charge in [0.15, 0.2) is 0 Å². The van der Waals surface area contributed by atoms with Gasteiger partial charge in [-0.15, -0.1) is 0 Å². The molecule has 5 rings (SSSR count). The van der Waals surface area contributed by atoms with Crippen molar-refractivity contribution in [2.75, 3.05) is 7.05 Å². The van der Waals surface area contributed by atoms with Crippen LogP contribution in [0.5, 0.6) is 5.75 Å². The van der Waals surface area contributed by atoms with Gasteiger partial charge in [0.05, 0.1) is 11.7 Å². The zero-order valence-electron chi connectivity index (χ0n) is 22.8. The van der Waals surface area contributed by atoms with E-state index in [0.717, 1.165) is 24.2 Å². The molecule has 1 heterocycles. The fraction of sp³-hybridized carbons (Fsp3) is 0.323. The summed E-state index contributed by atoms with van der Waals surface area (Å²) in [6.07, 6.45) is 3.33. The molecule has 4 aromatic rings. The van der Waals surface area contributed by atoms with Crippen molar-refractivity contribution in [2.24, 2.45) is 0 Å². The topological polar surface area (TPSA) is 84.0 Å². The van der Waals surface area contributed by atoms with Gasteiger partial charge in [-0.3, -0.25) is 4.72 Å². The number of nitrogens with one attached hydrogen (secondary N) is 1. The average Bonchev–Trinajstić information content (AvgIpc) is 3.64. The minimum absolute atomic E-state index is 0.00290. The Labute approximate surface area is 230 Å². The van der Waals surface area contributed by atoms with Gasteiger partial charge in [-0.1, -0.05) is 79.5 Å². The Kier molecular flexibility index (Phi) is 11.4. The lowest BCUT2D eigenvalue weighted by Gasteiger charge is -2.11. The molecule has 6 nitrogen and oxygen atoms in total. The Hall–Kier alpha value is -3.60. The number of hydrogen-bond acceptors (Lipinski definition) is 7. The number of nitriles is 1. The van der Waals surface area contributed by atoms with Crippen LogP contribution in [-0.2, 0) is 18.6 Å². The van der Waals surface area contributed by atoms with Crippen molar-refractivity contribution in [3.05, 3.63) is 89.0 Å². The van der Waals surface area contributed by atoms with Gasteiger partial charge in [0.1, 0.15) is 11.8 Å². The zero-order chi connectivity index (χ0) is 27.3. The van der Waals surface area contributed by atoms with Gasteiger partial charge in [0.25, 0.3) is 5.89 Å². The first-order valence-corrected chi connectivity index (χ1v) is 14.1. The van der Waals surface area contributed by atoms with Crippen molar-refractivity contribution in [2.45, 2.75) is 58.8 Å². The molecule has 0 radical (unpaired) electrons. The normalized spacial score (nSPS) is 11.5. The van der Waals surface area contributed by atoms with E-state index in [0.29, 0.717) is 28.6 Å². The van der Waals surface area contributed by atoms with Crippen molar-refractivity contribution in [1.29, 1.82) is 5.26 Å². The van der Waals surface area contributed by atoms with Gasteiger partial charge in [-0.2, -0.15) is 10.2 Å². The van der Waals surface area contributed by atoms with Crippen LogP contribution >= 0.6 is 11.9 Å². The summed E-state index contributed by atoms with van der Waals surface area (Å²) >= 11 is 1.71. The third-order valence-electron chi connectivity index (χ3n) is 5.75. The summed E-state index contributed by atoms with van der Waals surface area (Å²) in [6.45, 7) is 7.86. The summed E-state index contributed by atoms with van der Waals surface area (Å²) in [7, 11) is 1.94. The fourth-order valence-corrected chi connectivity index (χ4v) is 4.62. The van der Waals surface area contributed by atoms with Crippen molar-refractivity contribution < 1.29 is 9.26 Å². The van der Waals surface area contributed by atoms with E-state index in [-0.39, 0.29) is 6.10 Å². The molecule has 0 saturated carbocycles. The van der Waals surface area contributed by atoms with E-state index < -0.39 is 0 Å². The van der Waals surface area contributed by atoms with E-state index in [9.17, 15) is 5.26 Å². The molecule has 1 aliphatic carbocycles. The van der Waals surface area contributed by atoms with Crippen LogP contribution in [0.2, 0.25) is 0 Å². The van der Waals surface area contributed by atoms with Gasteiger partial charge in [0.2, 0.25) is 5.82 Å². The summed E-state index contributed by atoms with van der Waals surface area (Å²) in [6, 6.07) is 24.2. The van der Waals surface area contributed by atoms with Crippen molar-refractivity contribution in [3.63, 3.8) is 0 Å². The highest BCUT2D eigenvalue weighted by Crippen LogP contribution is 2.33. The molecule has 0 bridgehead atoms. The predicted octanol–water partition coefficient (Wildman–Crippen LogP) is 7.63. The molecule has 0 fully saturated rings. The molecule has 1 N–H and O–H groups in total. The van der Waals surface area contributed by atoms with E-state index in [1.807, 2.05) is 59.0 Å². The zero-order valence-corrected chi connectivity index (χ0v) is 23.6. The molecule has 0 spiro atoms. The molecule has 0 unspecified atom stereocenters. The Morgan fingerprint density at radius 1 is 1.05 bits per heavy atom. The summed E-state index contributed by atoms with van der Waals surface area (Å²) in [4.78, 5) is 4.57. The summed E-state index contributed by atoms with van der Waals surface area (Å²) < 4.78 is 14.2. The highest BCUT2D eigenvalue weighted by Gasteiger charge is 2.20. The fourth-order valence-electron chi connectivity index (χ4n) is 4.12. The van der Waals surface area contributed by atoms with Gasteiger partial charge in [-0.25, -0.2) is 0 Å². The molecule has 0 amide bonds. The minimum atomic E-state index is 0.00290. The second kappa shape index (κ2) is 15.0. The lowest BCUT2D eigenvalue weighted by atomic mass is 10.0. The number of ether oxygens (including phenoxy) is 1. The van der Waals surface area contributed by atoms with Gasteiger partial charge < -0.3 is 9.26 Å². The maximum atomic E-state index is 9.40. The number of fused-ring (bicyclic) bond motifs is 1. The van der Waals surface area contributed by atoms with E-state index in [1.54, 1.807) is 24.1 Å². The van der Waals surface area contributed by atoms with E-state index in [1.165, 1.54) is 23.1 Å². The predicted molar refractivity (Wildman–Crippen MR) is 156 cm³/mol. The second-order valence-electron chi connectivity index (χ2n) is 8.69. The number of nitrogens with zero attached hydrogens (tertiary/aromatic N) is 3. The third-order valence-corrected chi connectivity index (χ3v) is 6.51. The first kappa shape index (κ1) is 29.0. The maximum absolute atomic E-state index is 9.40. The standard InChI is InChI=1S/C21H19N3O2.C8H11NS.C2H6/c1-13(2)25-19-10-9-15(11-16(19)12-22)21-23-20(24-26-21)18-8-4-6-14-5-3-7-17(14)18;1-9-10-7-8-5-3-2-4-6-8;1-2/h4,6,8-11,13H,3,5,7H2,1-2H3;2-6,9H,7H2,1H3;1-2H3. The molecular formula is C31H36N4O2S. The number of rotatable bonds is 7. The van der Waals surface area contributed by atoms with Crippen molar-refractivity contribution in [1.82, 2.24) is 14.9 Å². The number of aryl methyl sites for hydroxylation is 1.